The number of carbonyl (C=O) groups is 1. The van der Waals surface area contributed by atoms with E-state index in [1.165, 1.54) is 15.8 Å². The van der Waals surface area contributed by atoms with E-state index in [0.29, 0.717) is 0 Å². The molecular weight excluding hydrogens is 194 g/mol. The van der Waals surface area contributed by atoms with Gasteiger partial charge in [-0.15, -0.1) is 11.3 Å². The summed E-state index contributed by atoms with van der Waals surface area (Å²) in [7, 11) is 0. The molecule has 2 aromatic rings. The van der Waals surface area contributed by atoms with Gasteiger partial charge < -0.3 is 4.57 Å². The minimum atomic E-state index is 0.866. The van der Waals surface area contributed by atoms with E-state index in [0.717, 1.165) is 23.1 Å². The molecule has 0 fully saturated rings. The van der Waals surface area contributed by atoms with Crippen molar-refractivity contribution in [3.05, 3.63) is 28.4 Å². The van der Waals surface area contributed by atoms with Crippen LogP contribution in [0, 0.1) is 6.92 Å². The Morgan fingerprint density at radius 1 is 1.57 bits per heavy atom. The van der Waals surface area contributed by atoms with Crippen LogP contribution in [0.2, 0.25) is 0 Å². The molecule has 0 spiro atoms. The first-order valence-electron chi connectivity index (χ1n) is 4.56. The summed E-state index contributed by atoms with van der Waals surface area (Å²) in [5.41, 5.74) is 2.44. The van der Waals surface area contributed by atoms with Crippen molar-refractivity contribution < 1.29 is 4.79 Å². The summed E-state index contributed by atoms with van der Waals surface area (Å²) < 4.78 is 3.43. The zero-order valence-electron chi connectivity index (χ0n) is 7.78. The van der Waals surface area contributed by atoms with Gasteiger partial charge in [-0.05, 0) is 12.5 Å². The standard InChI is InChI=1S/C11H9NOS/c1-7-8-5-12-4-2-3-9(12)11(8)14-10(7)6-13/h2,4-6H,3H2,1H3. The second kappa shape index (κ2) is 2.58. The fraction of sp³-hybridized carbons (Fsp3) is 0.182. The fourth-order valence-corrected chi connectivity index (χ4v) is 3.12. The van der Waals surface area contributed by atoms with E-state index in [1.54, 1.807) is 11.3 Å². The van der Waals surface area contributed by atoms with Crippen LogP contribution in [-0.2, 0) is 6.42 Å². The molecule has 0 aliphatic carbocycles. The molecule has 0 radical (unpaired) electrons. The number of hydrogen-bond acceptors (Lipinski definition) is 2. The van der Waals surface area contributed by atoms with Gasteiger partial charge in [-0.1, -0.05) is 6.08 Å². The van der Waals surface area contributed by atoms with Gasteiger partial charge in [-0.2, -0.15) is 0 Å². The molecule has 0 amide bonds. The highest BCUT2D eigenvalue weighted by Gasteiger charge is 2.16. The van der Waals surface area contributed by atoms with Crippen molar-refractivity contribution in [2.24, 2.45) is 0 Å². The van der Waals surface area contributed by atoms with Gasteiger partial charge in [-0.3, -0.25) is 4.79 Å². The highest BCUT2D eigenvalue weighted by Crippen LogP contribution is 2.35. The maximum Gasteiger partial charge on any atom is 0.160 e. The molecular formula is C11H9NOS. The topological polar surface area (TPSA) is 22.0 Å². The molecule has 3 heterocycles. The fourth-order valence-electron chi connectivity index (χ4n) is 1.97. The monoisotopic (exact) mass is 203 g/mol. The molecule has 0 atom stereocenters. The number of fused-ring (bicyclic) bond motifs is 3. The highest BCUT2D eigenvalue weighted by molar-refractivity contribution is 7.21. The normalized spacial score (nSPS) is 13.8. The van der Waals surface area contributed by atoms with E-state index in [-0.39, 0.29) is 0 Å². The van der Waals surface area contributed by atoms with Crippen LogP contribution in [0.25, 0.3) is 16.3 Å². The third kappa shape index (κ3) is 0.826. The summed E-state index contributed by atoms with van der Waals surface area (Å²) in [6, 6.07) is 0. The zero-order valence-corrected chi connectivity index (χ0v) is 8.60. The van der Waals surface area contributed by atoms with Crippen LogP contribution in [-0.4, -0.2) is 10.9 Å². The highest BCUT2D eigenvalue weighted by atomic mass is 32.1. The Labute approximate surface area is 85.5 Å². The van der Waals surface area contributed by atoms with Crippen molar-refractivity contribution in [1.29, 1.82) is 0 Å². The summed E-state index contributed by atoms with van der Waals surface area (Å²) in [6.07, 6.45) is 8.29. The van der Waals surface area contributed by atoms with Crippen LogP contribution >= 0.6 is 11.3 Å². The van der Waals surface area contributed by atoms with Crippen LogP contribution in [0.5, 0.6) is 0 Å². The molecule has 0 N–H and O–H groups in total. The lowest BCUT2D eigenvalue weighted by Crippen LogP contribution is -1.83. The lowest BCUT2D eigenvalue weighted by molar-refractivity contribution is 0.112. The molecule has 2 nitrogen and oxygen atoms in total. The summed E-state index contributed by atoms with van der Waals surface area (Å²) in [5, 5.41) is 1.23. The molecule has 3 heteroatoms. The molecule has 3 rings (SSSR count). The number of aromatic nitrogens is 1. The largest absolute Gasteiger partial charge is 0.325 e. The molecule has 1 aliphatic rings. The average molecular weight is 203 g/mol. The van der Waals surface area contributed by atoms with Crippen molar-refractivity contribution in [3.8, 4) is 0 Å². The number of aldehydes is 1. The van der Waals surface area contributed by atoms with Crippen LogP contribution in [0.3, 0.4) is 0 Å². The first-order chi connectivity index (χ1) is 6.81. The van der Waals surface area contributed by atoms with Crippen LogP contribution < -0.4 is 0 Å². The van der Waals surface area contributed by atoms with E-state index < -0.39 is 0 Å². The molecule has 0 aromatic carbocycles. The van der Waals surface area contributed by atoms with Crippen molar-refractivity contribution in [2.45, 2.75) is 13.3 Å². The van der Waals surface area contributed by atoms with Gasteiger partial charge in [0.1, 0.15) is 0 Å². The smallest absolute Gasteiger partial charge is 0.160 e. The Morgan fingerprint density at radius 2 is 2.43 bits per heavy atom. The van der Waals surface area contributed by atoms with Gasteiger partial charge in [0.25, 0.3) is 0 Å². The number of aryl methyl sites for hydroxylation is 1. The molecule has 2 aromatic heterocycles. The maximum atomic E-state index is 10.8. The predicted octanol–water partition coefficient (Wildman–Crippen LogP) is 2.85. The molecule has 0 unspecified atom stereocenters. The Kier molecular flexibility index (Phi) is 1.47. The van der Waals surface area contributed by atoms with E-state index in [9.17, 15) is 4.79 Å². The summed E-state index contributed by atoms with van der Waals surface area (Å²) in [4.78, 5) is 11.6. The molecule has 0 bridgehead atoms. The summed E-state index contributed by atoms with van der Waals surface area (Å²) >= 11 is 1.61. The predicted molar refractivity (Wildman–Crippen MR) is 59.0 cm³/mol. The van der Waals surface area contributed by atoms with Crippen LogP contribution in [0.4, 0.5) is 0 Å². The quantitative estimate of drug-likeness (QED) is 0.653. The Morgan fingerprint density at radius 3 is 3.21 bits per heavy atom. The van der Waals surface area contributed by atoms with E-state index in [2.05, 4.69) is 23.0 Å². The third-order valence-corrected chi connectivity index (χ3v) is 4.04. The first kappa shape index (κ1) is 8.00. The van der Waals surface area contributed by atoms with Gasteiger partial charge in [-0.25, -0.2) is 0 Å². The average Bonchev–Trinajstić information content (AvgIpc) is 2.78. The maximum absolute atomic E-state index is 10.8. The molecule has 1 aliphatic heterocycles. The van der Waals surface area contributed by atoms with E-state index in [4.69, 9.17) is 0 Å². The molecule has 14 heavy (non-hydrogen) atoms. The minimum Gasteiger partial charge on any atom is -0.325 e. The van der Waals surface area contributed by atoms with Crippen LogP contribution in [0.1, 0.15) is 20.9 Å². The number of rotatable bonds is 1. The Bertz CT molecular complexity index is 559. The zero-order chi connectivity index (χ0) is 9.71. The second-order valence-electron chi connectivity index (χ2n) is 3.52. The van der Waals surface area contributed by atoms with Gasteiger partial charge in [0, 0.05) is 29.9 Å². The SMILES string of the molecule is Cc1c(C=O)sc2c3n(cc12)C=CC3. The second-order valence-corrected chi connectivity index (χ2v) is 4.58. The number of carbonyl (C=O) groups excluding carboxylic acids is 1. The van der Waals surface area contributed by atoms with Crippen molar-refractivity contribution in [3.63, 3.8) is 0 Å². The number of nitrogens with zero attached hydrogens (tertiary/aromatic N) is 1. The van der Waals surface area contributed by atoms with Gasteiger partial charge in [0.05, 0.1) is 9.58 Å². The lowest BCUT2D eigenvalue weighted by atomic mass is 10.2. The van der Waals surface area contributed by atoms with Gasteiger partial charge in [0.15, 0.2) is 6.29 Å². The Balaban J connectivity index is 2.41. The number of hydrogen-bond donors (Lipinski definition) is 0. The van der Waals surface area contributed by atoms with E-state index in [1.807, 2.05) is 6.92 Å². The summed E-state index contributed by atoms with van der Waals surface area (Å²) in [5.74, 6) is 0. The molecule has 70 valence electrons. The first-order valence-corrected chi connectivity index (χ1v) is 5.37. The molecule has 0 saturated heterocycles. The van der Waals surface area contributed by atoms with E-state index >= 15 is 0 Å². The van der Waals surface area contributed by atoms with Gasteiger partial charge >= 0.3 is 0 Å². The minimum absolute atomic E-state index is 0.866. The van der Waals surface area contributed by atoms with Crippen molar-refractivity contribution in [2.75, 3.05) is 0 Å². The van der Waals surface area contributed by atoms with Gasteiger partial charge in [0.2, 0.25) is 0 Å². The third-order valence-electron chi connectivity index (χ3n) is 2.76. The summed E-state index contributed by atoms with van der Waals surface area (Å²) in [6.45, 7) is 2.02. The number of thiophene rings is 1. The van der Waals surface area contributed by atoms with Crippen molar-refractivity contribution >= 4 is 33.9 Å². The number of allylic oxidation sites excluding steroid dienone is 1. The van der Waals surface area contributed by atoms with Crippen molar-refractivity contribution in [1.82, 2.24) is 4.57 Å². The Hall–Kier alpha value is -1.35. The van der Waals surface area contributed by atoms with Crippen LogP contribution in [0.15, 0.2) is 12.3 Å². The lowest BCUT2D eigenvalue weighted by Gasteiger charge is -1.92. The molecule has 0 saturated carbocycles.